The van der Waals surface area contributed by atoms with Gasteiger partial charge in [0, 0.05) is 6.04 Å². The fourth-order valence-electron chi connectivity index (χ4n) is 4.13. The van der Waals surface area contributed by atoms with E-state index in [1.165, 1.54) is 0 Å². The minimum absolute atomic E-state index is 0.0371. The van der Waals surface area contributed by atoms with Crippen LogP contribution in [-0.4, -0.2) is 44.4 Å². The highest BCUT2D eigenvalue weighted by molar-refractivity contribution is 7.91. The number of hydrogen-bond acceptors (Lipinski definition) is 5. The molecule has 0 spiro atoms. The molecule has 0 aromatic heterocycles. The first-order valence-electron chi connectivity index (χ1n) is 9.60. The summed E-state index contributed by atoms with van der Waals surface area (Å²) in [5.74, 6) is -0.695. The molecule has 1 aromatic carbocycles. The summed E-state index contributed by atoms with van der Waals surface area (Å²) >= 11 is 0. The van der Waals surface area contributed by atoms with Crippen molar-refractivity contribution in [2.45, 2.75) is 51.0 Å². The van der Waals surface area contributed by atoms with Crippen LogP contribution in [0, 0.1) is 5.41 Å². The smallest absolute Gasteiger partial charge is 0.312 e. The van der Waals surface area contributed by atoms with Crippen LogP contribution in [0.3, 0.4) is 0 Å². The first-order chi connectivity index (χ1) is 12.9. The van der Waals surface area contributed by atoms with Crippen molar-refractivity contribution in [2.75, 3.05) is 18.1 Å². The lowest BCUT2D eigenvalue weighted by atomic mass is 9.70. The predicted octanol–water partition coefficient (Wildman–Crippen LogP) is 2.03. The average molecular weight is 394 g/mol. The standard InChI is InChI=1S/C20H27NO5S/c22-18(21-17-9-12-27(24,25)15-17)14-26-19(23)20(10-5-2-6-11-20)13-16-7-3-1-4-8-16/h1,3-4,7-8,17H,2,5-6,9-15H2,(H,21,22)/t17-/m1/s1. The van der Waals surface area contributed by atoms with Crippen molar-refractivity contribution in [2.24, 2.45) is 5.41 Å². The molecule has 0 radical (unpaired) electrons. The first kappa shape index (κ1) is 19.9. The number of ether oxygens (including phenoxy) is 1. The molecular formula is C20H27NO5S. The Morgan fingerprint density at radius 3 is 2.44 bits per heavy atom. The van der Waals surface area contributed by atoms with Crippen LogP contribution in [0.15, 0.2) is 30.3 Å². The van der Waals surface area contributed by atoms with E-state index in [1.54, 1.807) is 0 Å². The van der Waals surface area contributed by atoms with Gasteiger partial charge in [-0.2, -0.15) is 0 Å². The van der Waals surface area contributed by atoms with E-state index in [4.69, 9.17) is 4.74 Å². The van der Waals surface area contributed by atoms with Crippen LogP contribution in [0.2, 0.25) is 0 Å². The third-order valence-corrected chi connectivity index (χ3v) is 7.33. The summed E-state index contributed by atoms with van der Waals surface area (Å²) in [5.41, 5.74) is 0.522. The molecule has 1 saturated carbocycles. The number of benzene rings is 1. The quantitative estimate of drug-likeness (QED) is 0.747. The molecule has 1 aromatic rings. The third-order valence-electron chi connectivity index (χ3n) is 5.56. The van der Waals surface area contributed by atoms with Crippen molar-refractivity contribution >= 4 is 21.7 Å². The minimum atomic E-state index is -3.06. The Hall–Kier alpha value is -1.89. The molecule has 7 heteroatoms. The van der Waals surface area contributed by atoms with Crippen LogP contribution in [0.1, 0.15) is 44.1 Å². The maximum absolute atomic E-state index is 12.9. The monoisotopic (exact) mass is 393 g/mol. The Morgan fingerprint density at radius 1 is 1.11 bits per heavy atom. The number of carbonyl (C=O) groups excluding carboxylic acids is 2. The zero-order valence-electron chi connectivity index (χ0n) is 15.5. The summed E-state index contributed by atoms with van der Waals surface area (Å²) in [4.78, 5) is 24.9. The van der Waals surface area contributed by atoms with Gasteiger partial charge in [0.2, 0.25) is 0 Å². The molecule has 1 atom stereocenters. The summed E-state index contributed by atoms with van der Waals surface area (Å²) in [7, 11) is -3.06. The van der Waals surface area contributed by atoms with Gasteiger partial charge in [-0.3, -0.25) is 9.59 Å². The Morgan fingerprint density at radius 2 is 1.81 bits per heavy atom. The van der Waals surface area contributed by atoms with Gasteiger partial charge in [-0.25, -0.2) is 8.42 Å². The number of rotatable bonds is 6. The van der Waals surface area contributed by atoms with Crippen LogP contribution in [0.4, 0.5) is 0 Å². The SMILES string of the molecule is O=C(COC(=O)C1(Cc2ccccc2)CCCCC1)N[C@@H]1CCS(=O)(=O)C1. The molecule has 27 heavy (non-hydrogen) atoms. The zero-order chi connectivity index (χ0) is 19.3. The summed E-state index contributed by atoms with van der Waals surface area (Å²) < 4.78 is 28.3. The molecule has 3 rings (SSSR count). The summed E-state index contributed by atoms with van der Waals surface area (Å²) in [6.45, 7) is -0.355. The van der Waals surface area contributed by atoms with Crippen LogP contribution < -0.4 is 5.32 Å². The fourth-order valence-corrected chi connectivity index (χ4v) is 5.80. The number of nitrogens with one attached hydrogen (secondary N) is 1. The molecule has 6 nitrogen and oxygen atoms in total. The predicted molar refractivity (Wildman–Crippen MR) is 102 cm³/mol. The highest BCUT2D eigenvalue weighted by Gasteiger charge is 2.41. The number of sulfone groups is 1. The number of carbonyl (C=O) groups is 2. The summed E-state index contributed by atoms with van der Waals surface area (Å²) in [5, 5.41) is 2.66. The molecule has 1 aliphatic carbocycles. The molecule has 1 heterocycles. The fraction of sp³-hybridized carbons (Fsp3) is 0.600. The van der Waals surface area contributed by atoms with Gasteiger partial charge in [0.1, 0.15) is 0 Å². The van der Waals surface area contributed by atoms with Gasteiger partial charge in [0.15, 0.2) is 16.4 Å². The highest BCUT2D eigenvalue weighted by atomic mass is 32.2. The van der Waals surface area contributed by atoms with E-state index in [1.807, 2.05) is 30.3 Å². The van der Waals surface area contributed by atoms with E-state index in [0.29, 0.717) is 12.8 Å². The molecule has 1 aliphatic heterocycles. The molecule has 0 bridgehead atoms. The Bertz CT molecular complexity index is 769. The van der Waals surface area contributed by atoms with Crippen LogP contribution >= 0.6 is 0 Å². The molecule has 1 amide bonds. The van der Waals surface area contributed by atoms with Crippen molar-refractivity contribution < 1.29 is 22.7 Å². The van der Waals surface area contributed by atoms with Crippen molar-refractivity contribution in [3.8, 4) is 0 Å². The largest absolute Gasteiger partial charge is 0.455 e. The van der Waals surface area contributed by atoms with Crippen molar-refractivity contribution in [3.63, 3.8) is 0 Å². The lowest BCUT2D eigenvalue weighted by Gasteiger charge is -2.35. The zero-order valence-corrected chi connectivity index (χ0v) is 16.3. The van der Waals surface area contributed by atoms with Gasteiger partial charge in [0.05, 0.1) is 16.9 Å². The maximum Gasteiger partial charge on any atom is 0.312 e. The van der Waals surface area contributed by atoms with Crippen LogP contribution in [-0.2, 0) is 30.6 Å². The molecule has 2 fully saturated rings. The topological polar surface area (TPSA) is 89.5 Å². The van der Waals surface area contributed by atoms with E-state index < -0.39 is 21.2 Å². The van der Waals surface area contributed by atoms with E-state index in [0.717, 1.165) is 37.7 Å². The second-order valence-corrected chi connectivity index (χ2v) is 9.98. The maximum atomic E-state index is 12.9. The van der Waals surface area contributed by atoms with Gasteiger partial charge < -0.3 is 10.1 Å². The molecule has 1 saturated heterocycles. The molecule has 2 aliphatic rings. The summed E-state index contributed by atoms with van der Waals surface area (Å²) in [6.07, 6.45) is 5.64. The van der Waals surface area contributed by atoms with Crippen LogP contribution in [0.5, 0.6) is 0 Å². The van der Waals surface area contributed by atoms with Gasteiger partial charge >= 0.3 is 5.97 Å². The lowest BCUT2D eigenvalue weighted by molar-refractivity contribution is -0.161. The molecule has 148 valence electrons. The first-order valence-corrected chi connectivity index (χ1v) is 11.4. The van der Waals surface area contributed by atoms with E-state index in [9.17, 15) is 18.0 Å². The Kier molecular flexibility index (Phi) is 6.19. The van der Waals surface area contributed by atoms with Crippen molar-refractivity contribution in [3.05, 3.63) is 35.9 Å². The van der Waals surface area contributed by atoms with Gasteiger partial charge in [-0.05, 0) is 31.2 Å². The minimum Gasteiger partial charge on any atom is -0.455 e. The average Bonchev–Trinajstić information content (AvgIpc) is 2.99. The van der Waals surface area contributed by atoms with E-state index >= 15 is 0 Å². The molecular weight excluding hydrogens is 366 g/mol. The molecule has 0 unspecified atom stereocenters. The Balaban J connectivity index is 1.57. The lowest BCUT2D eigenvalue weighted by Crippen LogP contribution is -2.41. The summed E-state index contributed by atoms with van der Waals surface area (Å²) in [6, 6.07) is 9.51. The number of amides is 1. The van der Waals surface area contributed by atoms with Gasteiger partial charge in [-0.1, -0.05) is 49.6 Å². The van der Waals surface area contributed by atoms with Crippen molar-refractivity contribution in [1.29, 1.82) is 0 Å². The van der Waals surface area contributed by atoms with Crippen molar-refractivity contribution in [1.82, 2.24) is 5.32 Å². The normalized spacial score (nSPS) is 23.5. The molecule has 1 N–H and O–H groups in total. The van der Waals surface area contributed by atoms with Crippen LogP contribution in [0.25, 0.3) is 0 Å². The third kappa shape index (κ3) is 5.31. The highest BCUT2D eigenvalue weighted by Crippen LogP contribution is 2.40. The second-order valence-electron chi connectivity index (χ2n) is 7.75. The number of esters is 1. The van der Waals surface area contributed by atoms with Gasteiger partial charge in [0.25, 0.3) is 5.91 Å². The van der Waals surface area contributed by atoms with Gasteiger partial charge in [-0.15, -0.1) is 0 Å². The second kappa shape index (κ2) is 8.42. The number of hydrogen-bond donors (Lipinski definition) is 1. The Labute approximate surface area is 160 Å². The van der Waals surface area contributed by atoms with E-state index in [2.05, 4.69) is 5.32 Å². The van der Waals surface area contributed by atoms with E-state index in [-0.39, 0.29) is 30.1 Å².